The van der Waals surface area contributed by atoms with E-state index in [1.54, 1.807) is 12.1 Å². The van der Waals surface area contributed by atoms with Crippen LogP contribution in [0.3, 0.4) is 0 Å². The molecule has 0 saturated heterocycles. The minimum absolute atomic E-state index is 0.154. The van der Waals surface area contributed by atoms with Crippen LogP contribution in [0.4, 0.5) is 8.78 Å². The highest BCUT2D eigenvalue weighted by atomic mass is 19.3. The third kappa shape index (κ3) is 4.77. The van der Waals surface area contributed by atoms with E-state index >= 15 is 0 Å². The molecule has 0 atom stereocenters. The van der Waals surface area contributed by atoms with Crippen LogP contribution in [0, 0.1) is 0 Å². The quantitative estimate of drug-likeness (QED) is 0.778. The van der Waals surface area contributed by atoms with Crippen LogP contribution in [0.25, 0.3) is 0 Å². The zero-order valence-electron chi connectivity index (χ0n) is 9.72. The van der Waals surface area contributed by atoms with Crippen LogP contribution in [-0.2, 0) is 6.54 Å². The molecule has 0 spiro atoms. The third-order valence-corrected chi connectivity index (χ3v) is 2.42. The van der Waals surface area contributed by atoms with E-state index in [4.69, 9.17) is 10.2 Å². The van der Waals surface area contributed by atoms with Gasteiger partial charge in [-0.15, -0.1) is 0 Å². The van der Waals surface area contributed by atoms with Crippen molar-refractivity contribution in [2.45, 2.75) is 13.0 Å². The Kier molecular flexibility index (Phi) is 5.67. The molecule has 2 N–H and O–H groups in total. The average molecular weight is 259 g/mol. The second kappa shape index (κ2) is 7.03. The Balaban J connectivity index is 2.65. The summed E-state index contributed by atoms with van der Waals surface area (Å²) >= 11 is 0. The second-order valence-electron chi connectivity index (χ2n) is 3.85. The van der Waals surface area contributed by atoms with Gasteiger partial charge in [-0.25, -0.2) is 13.6 Å². The van der Waals surface area contributed by atoms with E-state index in [1.165, 1.54) is 17.0 Å². The summed E-state index contributed by atoms with van der Waals surface area (Å²) in [5, 5.41) is 17.5. The van der Waals surface area contributed by atoms with Gasteiger partial charge in [0.15, 0.2) is 0 Å². The van der Waals surface area contributed by atoms with Gasteiger partial charge in [0.25, 0.3) is 6.43 Å². The summed E-state index contributed by atoms with van der Waals surface area (Å²) in [7, 11) is 0. The Bertz CT molecular complexity index is 381. The van der Waals surface area contributed by atoms with E-state index in [0.717, 1.165) is 5.56 Å². The SMILES string of the molecule is O=C(O)c1ccc(CN(CCO)CC(F)F)cc1. The fourth-order valence-electron chi connectivity index (χ4n) is 1.58. The van der Waals surface area contributed by atoms with Crippen molar-refractivity contribution in [1.82, 2.24) is 4.90 Å². The maximum atomic E-state index is 12.3. The zero-order valence-corrected chi connectivity index (χ0v) is 9.72. The molecule has 0 saturated carbocycles. The lowest BCUT2D eigenvalue weighted by molar-refractivity contribution is 0.0696. The summed E-state index contributed by atoms with van der Waals surface area (Å²) in [6.07, 6.45) is -2.46. The van der Waals surface area contributed by atoms with E-state index in [9.17, 15) is 13.6 Å². The summed E-state index contributed by atoms with van der Waals surface area (Å²) in [5.41, 5.74) is 0.885. The van der Waals surface area contributed by atoms with Gasteiger partial charge in [-0.05, 0) is 17.7 Å². The number of carboxylic acid groups (broad SMARTS) is 1. The van der Waals surface area contributed by atoms with Crippen LogP contribution in [0.15, 0.2) is 24.3 Å². The minimum Gasteiger partial charge on any atom is -0.478 e. The molecule has 0 heterocycles. The molecule has 0 bridgehead atoms. The van der Waals surface area contributed by atoms with Gasteiger partial charge < -0.3 is 10.2 Å². The number of halogens is 2. The van der Waals surface area contributed by atoms with Crippen molar-refractivity contribution in [1.29, 1.82) is 0 Å². The van der Waals surface area contributed by atoms with E-state index in [2.05, 4.69) is 0 Å². The lowest BCUT2D eigenvalue weighted by Crippen LogP contribution is -2.31. The molecule has 0 unspecified atom stereocenters. The predicted molar refractivity (Wildman–Crippen MR) is 61.8 cm³/mol. The first-order chi connectivity index (χ1) is 8.52. The van der Waals surface area contributed by atoms with Crippen LogP contribution in [0.5, 0.6) is 0 Å². The molecule has 4 nitrogen and oxygen atoms in total. The highest BCUT2D eigenvalue weighted by molar-refractivity contribution is 5.87. The summed E-state index contributed by atoms with van der Waals surface area (Å²) < 4.78 is 24.6. The van der Waals surface area contributed by atoms with Crippen LogP contribution in [0.2, 0.25) is 0 Å². The molecular weight excluding hydrogens is 244 g/mol. The number of aliphatic hydroxyl groups excluding tert-OH is 1. The number of rotatable bonds is 7. The van der Waals surface area contributed by atoms with Crippen molar-refractivity contribution < 1.29 is 23.8 Å². The third-order valence-electron chi connectivity index (χ3n) is 2.42. The monoisotopic (exact) mass is 259 g/mol. The number of hydrogen-bond donors (Lipinski definition) is 2. The van der Waals surface area contributed by atoms with Gasteiger partial charge in [-0.1, -0.05) is 12.1 Å². The molecule has 0 radical (unpaired) electrons. The molecule has 0 aliphatic heterocycles. The van der Waals surface area contributed by atoms with Crippen molar-refractivity contribution in [3.63, 3.8) is 0 Å². The van der Waals surface area contributed by atoms with Gasteiger partial charge in [0.2, 0.25) is 0 Å². The molecule has 100 valence electrons. The molecule has 0 aliphatic carbocycles. The van der Waals surface area contributed by atoms with Crippen molar-refractivity contribution in [3.8, 4) is 0 Å². The molecule has 0 aromatic heterocycles. The number of aliphatic hydroxyl groups is 1. The molecule has 0 fully saturated rings. The van der Waals surface area contributed by atoms with Gasteiger partial charge in [-0.2, -0.15) is 0 Å². The predicted octanol–water partition coefficient (Wildman–Crippen LogP) is 1.44. The standard InChI is InChI=1S/C12H15F2NO3/c13-11(14)8-15(5-6-16)7-9-1-3-10(4-2-9)12(17)18/h1-4,11,16H,5-8H2,(H,17,18). The summed E-state index contributed by atoms with van der Waals surface area (Å²) in [4.78, 5) is 12.1. The van der Waals surface area contributed by atoms with E-state index in [0.29, 0.717) is 0 Å². The molecule has 1 aromatic carbocycles. The molecule has 0 amide bonds. The summed E-state index contributed by atoms with van der Waals surface area (Å²) in [5.74, 6) is -1.03. The second-order valence-corrected chi connectivity index (χ2v) is 3.85. The Morgan fingerprint density at radius 1 is 1.28 bits per heavy atom. The number of aromatic carboxylic acids is 1. The number of carboxylic acids is 1. The molecular formula is C12H15F2NO3. The van der Waals surface area contributed by atoms with Gasteiger partial charge in [-0.3, -0.25) is 4.90 Å². The van der Waals surface area contributed by atoms with Crippen molar-refractivity contribution in [3.05, 3.63) is 35.4 Å². The van der Waals surface area contributed by atoms with Gasteiger partial charge in [0, 0.05) is 13.1 Å². The Morgan fingerprint density at radius 3 is 2.33 bits per heavy atom. The lowest BCUT2D eigenvalue weighted by atomic mass is 10.1. The van der Waals surface area contributed by atoms with E-state index in [1.807, 2.05) is 0 Å². The molecule has 1 rings (SSSR count). The first kappa shape index (κ1) is 14.5. The fourth-order valence-corrected chi connectivity index (χ4v) is 1.58. The molecule has 1 aromatic rings. The lowest BCUT2D eigenvalue weighted by Gasteiger charge is -2.20. The normalized spacial score (nSPS) is 11.2. The number of hydrogen-bond acceptors (Lipinski definition) is 3. The number of benzene rings is 1. The highest BCUT2D eigenvalue weighted by Crippen LogP contribution is 2.09. The molecule has 0 aliphatic rings. The highest BCUT2D eigenvalue weighted by Gasteiger charge is 2.12. The Hall–Kier alpha value is -1.53. The van der Waals surface area contributed by atoms with Crippen LogP contribution in [0.1, 0.15) is 15.9 Å². The summed E-state index contributed by atoms with van der Waals surface area (Å²) in [6, 6.07) is 6.02. The van der Waals surface area contributed by atoms with Crippen molar-refractivity contribution in [2.24, 2.45) is 0 Å². The Morgan fingerprint density at radius 2 is 1.89 bits per heavy atom. The minimum atomic E-state index is -2.46. The maximum Gasteiger partial charge on any atom is 0.335 e. The van der Waals surface area contributed by atoms with Crippen molar-refractivity contribution >= 4 is 5.97 Å². The van der Waals surface area contributed by atoms with Crippen molar-refractivity contribution in [2.75, 3.05) is 19.7 Å². The summed E-state index contributed by atoms with van der Waals surface area (Å²) in [6.45, 7) is -0.197. The van der Waals surface area contributed by atoms with Crippen LogP contribution >= 0.6 is 0 Å². The first-order valence-corrected chi connectivity index (χ1v) is 5.46. The number of nitrogens with zero attached hydrogens (tertiary/aromatic N) is 1. The largest absolute Gasteiger partial charge is 0.478 e. The average Bonchev–Trinajstić information content (AvgIpc) is 2.29. The van der Waals surface area contributed by atoms with Gasteiger partial charge in [0.1, 0.15) is 0 Å². The van der Waals surface area contributed by atoms with Gasteiger partial charge >= 0.3 is 5.97 Å². The first-order valence-electron chi connectivity index (χ1n) is 5.46. The number of carbonyl (C=O) groups is 1. The number of alkyl halides is 2. The molecule has 18 heavy (non-hydrogen) atoms. The zero-order chi connectivity index (χ0) is 13.5. The van der Waals surface area contributed by atoms with Crippen LogP contribution in [-0.4, -0.2) is 47.2 Å². The van der Waals surface area contributed by atoms with E-state index in [-0.39, 0.29) is 25.3 Å². The maximum absolute atomic E-state index is 12.3. The van der Waals surface area contributed by atoms with Gasteiger partial charge in [0.05, 0.1) is 18.7 Å². The topological polar surface area (TPSA) is 60.8 Å². The molecule has 6 heteroatoms. The smallest absolute Gasteiger partial charge is 0.335 e. The Labute approximate surface area is 103 Å². The van der Waals surface area contributed by atoms with E-state index < -0.39 is 18.9 Å². The fraction of sp³-hybridized carbons (Fsp3) is 0.417. The van der Waals surface area contributed by atoms with Crippen LogP contribution < -0.4 is 0 Å².